The molecule has 6 heteroatoms. The maximum atomic E-state index is 13.7. The summed E-state index contributed by atoms with van der Waals surface area (Å²) in [6.07, 6.45) is 1.52. The van der Waals surface area contributed by atoms with Crippen molar-refractivity contribution in [3.8, 4) is 0 Å². The van der Waals surface area contributed by atoms with Gasteiger partial charge in [0.2, 0.25) is 0 Å². The first-order valence-corrected chi connectivity index (χ1v) is 8.14. The SMILES string of the molecule is Cc1sc2ncnc(SCc3cccc(F)c3F)c2c1C. The summed E-state index contributed by atoms with van der Waals surface area (Å²) in [6.45, 7) is 4.08. The molecule has 3 rings (SSSR count). The van der Waals surface area contributed by atoms with Crippen molar-refractivity contribution in [2.45, 2.75) is 24.6 Å². The smallest absolute Gasteiger partial charge is 0.162 e. The summed E-state index contributed by atoms with van der Waals surface area (Å²) in [6, 6.07) is 4.23. The molecule has 2 nitrogen and oxygen atoms in total. The highest BCUT2D eigenvalue weighted by molar-refractivity contribution is 7.98. The third-order valence-electron chi connectivity index (χ3n) is 3.33. The Balaban J connectivity index is 1.94. The third kappa shape index (κ3) is 2.65. The monoisotopic (exact) mass is 322 g/mol. The number of benzene rings is 1. The van der Waals surface area contributed by atoms with Crippen molar-refractivity contribution >= 4 is 33.3 Å². The number of halogens is 2. The molecule has 0 aliphatic rings. The first-order valence-electron chi connectivity index (χ1n) is 6.34. The number of nitrogens with zero attached hydrogens (tertiary/aromatic N) is 2. The van der Waals surface area contributed by atoms with E-state index in [-0.39, 0.29) is 0 Å². The van der Waals surface area contributed by atoms with Crippen LogP contribution in [0.5, 0.6) is 0 Å². The zero-order valence-electron chi connectivity index (χ0n) is 11.5. The molecule has 1 aromatic carbocycles. The number of hydrogen-bond donors (Lipinski definition) is 0. The van der Waals surface area contributed by atoms with E-state index in [2.05, 4.69) is 9.97 Å². The molecule has 0 aliphatic carbocycles. The maximum absolute atomic E-state index is 13.7. The standard InChI is InChI=1S/C15H12F2N2S2/c1-8-9(2)21-15-12(8)14(18-7-19-15)20-6-10-4-3-5-11(16)13(10)17/h3-5,7H,6H2,1-2H3. The van der Waals surface area contributed by atoms with E-state index in [9.17, 15) is 8.78 Å². The van der Waals surface area contributed by atoms with Crippen LogP contribution in [0.2, 0.25) is 0 Å². The van der Waals surface area contributed by atoms with Crippen LogP contribution in [0.15, 0.2) is 29.6 Å². The van der Waals surface area contributed by atoms with Crippen molar-refractivity contribution in [1.82, 2.24) is 9.97 Å². The molecule has 0 fully saturated rings. The Morgan fingerprint density at radius 1 is 1.19 bits per heavy atom. The van der Waals surface area contributed by atoms with Crippen LogP contribution in [0, 0.1) is 25.5 Å². The highest BCUT2D eigenvalue weighted by Crippen LogP contribution is 2.35. The minimum Gasteiger partial charge on any atom is -0.229 e. The number of thiophene rings is 1. The van der Waals surface area contributed by atoms with E-state index in [1.54, 1.807) is 17.4 Å². The Hall–Kier alpha value is -1.53. The molecule has 0 aliphatic heterocycles. The van der Waals surface area contributed by atoms with Crippen molar-refractivity contribution < 1.29 is 8.78 Å². The van der Waals surface area contributed by atoms with Crippen LogP contribution in [-0.4, -0.2) is 9.97 Å². The predicted octanol–water partition coefficient (Wildman–Crippen LogP) is 4.88. The van der Waals surface area contributed by atoms with Gasteiger partial charge in [0.05, 0.1) is 0 Å². The molecule has 0 saturated heterocycles. The second kappa shape index (κ2) is 5.69. The van der Waals surface area contributed by atoms with E-state index in [1.165, 1.54) is 29.0 Å². The van der Waals surface area contributed by atoms with Crippen molar-refractivity contribution in [2.24, 2.45) is 0 Å². The molecule has 0 atom stereocenters. The Labute approximate surface area is 129 Å². The molecule has 0 radical (unpaired) electrons. The summed E-state index contributed by atoms with van der Waals surface area (Å²) in [5, 5.41) is 1.83. The summed E-state index contributed by atoms with van der Waals surface area (Å²) in [7, 11) is 0. The van der Waals surface area contributed by atoms with Gasteiger partial charge in [-0.1, -0.05) is 12.1 Å². The number of hydrogen-bond acceptors (Lipinski definition) is 4. The van der Waals surface area contributed by atoms with Crippen LogP contribution in [0.1, 0.15) is 16.0 Å². The number of aromatic nitrogens is 2. The van der Waals surface area contributed by atoms with Crippen molar-refractivity contribution in [3.05, 3.63) is 52.2 Å². The van der Waals surface area contributed by atoms with Gasteiger partial charge in [-0.05, 0) is 25.5 Å². The first kappa shape index (κ1) is 14.4. The zero-order valence-corrected chi connectivity index (χ0v) is 13.1. The van der Waals surface area contributed by atoms with Gasteiger partial charge in [-0.25, -0.2) is 18.7 Å². The summed E-state index contributed by atoms with van der Waals surface area (Å²) < 4.78 is 26.9. The summed E-state index contributed by atoms with van der Waals surface area (Å²) >= 11 is 3.02. The average Bonchev–Trinajstić information content (AvgIpc) is 2.76. The van der Waals surface area contributed by atoms with Crippen molar-refractivity contribution in [2.75, 3.05) is 0 Å². The molecular formula is C15H12F2N2S2. The van der Waals surface area contributed by atoms with Gasteiger partial charge in [0.25, 0.3) is 0 Å². The predicted molar refractivity (Wildman–Crippen MR) is 82.8 cm³/mol. The fourth-order valence-corrected chi connectivity index (χ4v) is 4.16. The van der Waals surface area contributed by atoms with Crippen LogP contribution in [0.25, 0.3) is 10.2 Å². The minimum atomic E-state index is -0.816. The highest BCUT2D eigenvalue weighted by Gasteiger charge is 2.14. The fraction of sp³-hybridized carbons (Fsp3) is 0.200. The average molecular weight is 322 g/mol. The summed E-state index contributed by atoms with van der Waals surface area (Å²) in [5.41, 5.74) is 1.49. The zero-order chi connectivity index (χ0) is 15.0. The lowest BCUT2D eigenvalue weighted by Crippen LogP contribution is -1.93. The molecular weight excluding hydrogens is 310 g/mol. The Kier molecular flexibility index (Phi) is 3.91. The molecule has 0 amide bonds. The van der Waals surface area contributed by atoms with Gasteiger partial charge in [-0.15, -0.1) is 23.1 Å². The summed E-state index contributed by atoms with van der Waals surface area (Å²) in [5.74, 6) is -1.26. The van der Waals surface area contributed by atoms with Crippen molar-refractivity contribution in [1.29, 1.82) is 0 Å². The van der Waals surface area contributed by atoms with E-state index in [0.717, 1.165) is 26.9 Å². The van der Waals surface area contributed by atoms with E-state index in [0.29, 0.717) is 11.3 Å². The van der Waals surface area contributed by atoms with Crippen LogP contribution in [-0.2, 0) is 5.75 Å². The third-order valence-corrected chi connectivity index (χ3v) is 5.48. The Bertz CT molecular complexity index is 815. The van der Waals surface area contributed by atoms with Crippen molar-refractivity contribution in [3.63, 3.8) is 0 Å². The fourth-order valence-electron chi connectivity index (χ4n) is 2.07. The maximum Gasteiger partial charge on any atom is 0.162 e. The summed E-state index contributed by atoms with van der Waals surface area (Å²) in [4.78, 5) is 10.7. The molecule has 2 heterocycles. The van der Waals surface area contributed by atoms with Gasteiger partial charge < -0.3 is 0 Å². The molecule has 0 saturated carbocycles. The molecule has 0 unspecified atom stereocenters. The molecule has 108 valence electrons. The van der Waals surface area contributed by atoms with Gasteiger partial charge in [0.1, 0.15) is 16.2 Å². The van der Waals surface area contributed by atoms with Gasteiger partial charge in [-0.3, -0.25) is 0 Å². The molecule has 0 bridgehead atoms. The lowest BCUT2D eigenvalue weighted by Gasteiger charge is -2.05. The Morgan fingerprint density at radius 2 is 2.00 bits per heavy atom. The highest BCUT2D eigenvalue weighted by atomic mass is 32.2. The number of rotatable bonds is 3. The lowest BCUT2D eigenvalue weighted by atomic mass is 10.2. The molecule has 0 N–H and O–H groups in total. The number of thioether (sulfide) groups is 1. The topological polar surface area (TPSA) is 25.8 Å². The molecule has 0 spiro atoms. The quantitative estimate of drug-likeness (QED) is 0.508. The van der Waals surface area contributed by atoms with Gasteiger partial charge in [-0.2, -0.15) is 0 Å². The van der Waals surface area contributed by atoms with E-state index in [4.69, 9.17) is 0 Å². The van der Waals surface area contributed by atoms with E-state index < -0.39 is 11.6 Å². The van der Waals surface area contributed by atoms with Gasteiger partial charge in [0.15, 0.2) is 11.6 Å². The Morgan fingerprint density at radius 3 is 2.81 bits per heavy atom. The van der Waals surface area contributed by atoms with Crippen LogP contribution >= 0.6 is 23.1 Å². The normalized spacial score (nSPS) is 11.2. The van der Waals surface area contributed by atoms with Crippen LogP contribution in [0.3, 0.4) is 0 Å². The molecule has 3 aromatic rings. The van der Waals surface area contributed by atoms with Crippen LogP contribution in [0.4, 0.5) is 8.78 Å². The minimum absolute atomic E-state index is 0.337. The number of aryl methyl sites for hydroxylation is 2. The second-order valence-electron chi connectivity index (χ2n) is 4.64. The van der Waals surface area contributed by atoms with E-state index in [1.807, 2.05) is 13.8 Å². The van der Waals surface area contributed by atoms with E-state index >= 15 is 0 Å². The largest absolute Gasteiger partial charge is 0.229 e. The lowest BCUT2D eigenvalue weighted by molar-refractivity contribution is 0.502. The van der Waals surface area contributed by atoms with Gasteiger partial charge >= 0.3 is 0 Å². The first-order chi connectivity index (χ1) is 10.1. The van der Waals surface area contributed by atoms with Crippen LogP contribution < -0.4 is 0 Å². The number of fused-ring (bicyclic) bond motifs is 1. The molecule has 2 aromatic heterocycles. The molecule has 21 heavy (non-hydrogen) atoms. The van der Waals surface area contributed by atoms with Gasteiger partial charge in [0, 0.05) is 21.6 Å². The second-order valence-corrected chi connectivity index (χ2v) is 6.81.